The summed E-state index contributed by atoms with van der Waals surface area (Å²) in [6, 6.07) is 15.2. The topological polar surface area (TPSA) is 81.6 Å². The maximum absolute atomic E-state index is 14.0. The normalized spacial score (nSPS) is 12.6. The lowest BCUT2D eigenvalue weighted by atomic mass is 10.1. The Hall–Kier alpha value is -3.23. The van der Waals surface area contributed by atoms with E-state index in [-0.39, 0.29) is 35.7 Å². The fraction of sp³-hybridized carbons (Fsp3) is 0.333. The largest absolute Gasteiger partial charge is 0.497 e. The molecule has 0 saturated carbocycles. The van der Waals surface area contributed by atoms with Gasteiger partial charge in [-0.15, -0.1) is 0 Å². The van der Waals surface area contributed by atoms with Gasteiger partial charge in [0.25, 0.3) is 0 Å². The molecule has 8 heteroatoms. The van der Waals surface area contributed by atoms with Crippen LogP contribution in [0.15, 0.2) is 65.8 Å². The Morgan fingerprint density at radius 1 is 0.886 bits per heavy atom. The van der Waals surface area contributed by atoms with E-state index in [1.807, 2.05) is 76.2 Å². The first-order chi connectivity index (χ1) is 16.6. The van der Waals surface area contributed by atoms with Crippen molar-refractivity contribution in [3.63, 3.8) is 0 Å². The van der Waals surface area contributed by atoms with Crippen molar-refractivity contribution in [3.05, 3.63) is 93.9 Å². The summed E-state index contributed by atoms with van der Waals surface area (Å²) in [5.41, 5.74) is 3.71. The van der Waals surface area contributed by atoms with Crippen molar-refractivity contribution in [2.24, 2.45) is 0 Å². The molecule has 35 heavy (non-hydrogen) atoms. The van der Waals surface area contributed by atoms with Gasteiger partial charge in [0, 0.05) is 25.5 Å². The zero-order valence-corrected chi connectivity index (χ0v) is 22.0. The fourth-order valence-electron chi connectivity index (χ4n) is 3.41. The molecule has 0 unspecified atom stereocenters. The molecule has 7 nitrogen and oxygen atoms in total. The van der Waals surface area contributed by atoms with E-state index in [0.717, 1.165) is 22.3 Å². The zero-order chi connectivity index (χ0) is 25.6. The first kappa shape index (κ1) is 26.4. The quantitative estimate of drug-likeness (QED) is 0.358. The number of hydrogen-bond donors (Lipinski definition) is 0. The Morgan fingerprint density at radius 2 is 1.40 bits per heavy atom. The van der Waals surface area contributed by atoms with Crippen molar-refractivity contribution >= 4 is 15.8 Å². The number of aromatic nitrogens is 2. The molecule has 0 bridgehead atoms. The second-order valence-corrected chi connectivity index (χ2v) is 10.8. The van der Waals surface area contributed by atoms with Crippen LogP contribution in [-0.4, -0.2) is 35.9 Å². The summed E-state index contributed by atoms with van der Waals surface area (Å²) in [6.45, 7) is 9.49. The van der Waals surface area contributed by atoms with E-state index in [9.17, 15) is 8.42 Å². The summed E-state index contributed by atoms with van der Waals surface area (Å²) in [7, 11) is -2.35. The SMILES string of the molecule is COc1ccc(CN(Cc2ccc(C)cc2)S(=O)(=O)/C(C)=C(/OC(C)C)c2ncc(C)cn2)cc1. The number of allylic oxidation sites excluding steroid dienone is 1. The van der Waals surface area contributed by atoms with Gasteiger partial charge >= 0.3 is 0 Å². The van der Waals surface area contributed by atoms with Crippen molar-refractivity contribution in [2.45, 2.75) is 53.8 Å². The monoisotopic (exact) mass is 495 g/mol. The van der Waals surface area contributed by atoms with Crippen LogP contribution in [0.3, 0.4) is 0 Å². The van der Waals surface area contributed by atoms with Gasteiger partial charge in [-0.05, 0) is 63.4 Å². The highest BCUT2D eigenvalue weighted by Gasteiger charge is 2.30. The molecular weight excluding hydrogens is 462 g/mol. The molecule has 0 N–H and O–H groups in total. The molecule has 1 heterocycles. The van der Waals surface area contributed by atoms with Gasteiger partial charge < -0.3 is 9.47 Å². The van der Waals surface area contributed by atoms with E-state index in [4.69, 9.17) is 9.47 Å². The Bertz CT molecular complexity index is 1250. The van der Waals surface area contributed by atoms with Crippen LogP contribution in [0.4, 0.5) is 0 Å². The molecule has 0 aliphatic rings. The lowest BCUT2D eigenvalue weighted by Crippen LogP contribution is -2.31. The summed E-state index contributed by atoms with van der Waals surface area (Å²) in [6.07, 6.45) is 3.04. The summed E-state index contributed by atoms with van der Waals surface area (Å²) in [4.78, 5) is 8.73. The van der Waals surface area contributed by atoms with Crippen molar-refractivity contribution in [1.29, 1.82) is 0 Å². The predicted molar refractivity (Wildman–Crippen MR) is 138 cm³/mol. The molecule has 0 aliphatic heterocycles. The van der Waals surface area contributed by atoms with E-state index < -0.39 is 10.0 Å². The molecule has 0 spiro atoms. The summed E-state index contributed by atoms with van der Waals surface area (Å²) in [5, 5.41) is 0. The minimum Gasteiger partial charge on any atom is -0.497 e. The molecular formula is C27H33N3O4S. The molecule has 0 aliphatic carbocycles. The average Bonchev–Trinajstić information content (AvgIpc) is 2.84. The van der Waals surface area contributed by atoms with Crippen LogP contribution in [0, 0.1) is 13.8 Å². The van der Waals surface area contributed by atoms with Crippen molar-refractivity contribution < 1.29 is 17.9 Å². The molecule has 186 valence electrons. The van der Waals surface area contributed by atoms with Crippen LogP contribution in [0.25, 0.3) is 5.76 Å². The number of rotatable bonds is 10. The van der Waals surface area contributed by atoms with Crippen LogP contribution < -0.4 is 4.74 Å². The number of methoxy groups -OCH3 is 1. The smallest absolute Gasteiger partial charge is 0.243 e. The number of benzene rings is 2. The highest BCUT2D eigenvalue weighted by Crippen LogP contribution is 2.28. The number of hydrogen-bond acceptors (Lipinski definition) is 6. The summed E-state index contributed by atoms with van der Waals surface area (Å²) >= 11 is 0. The van der Waals surface area contributed by atoms with Crippen LogP contribution in [0.2, 0.25) is 0 Å². The van der Waals surface area contributed by atoms with Gasteiger partial charge in [-0.2, -0.15) is 4.31 Å². The van der Waals surface area contributed by atoms with Gasteiger partial charge in [-0.25, -0.2) is 18.4 Å². The van der Waals surface area contributed by atoms with Gasteiger partial charge in [0.05, 0.1) is 13.2 Å². The standard InChI is InChI=1S/C27H33N3O4S/c1-19(2)34-26(27-28-15-21(4)16-29-27)22(5)35(31,32)30(17-23-9-7-20(3)8-10-23)18-24-11-13-25(33-6)14-12-24/h7-16,19H,17-18H2,1-6H3/b26-22+. The van der Waals surface area contributed by atoms with Crippen LogP contribution in [0.5, 0.6) is 5.75 Å². The van der Waals surface area contributed by atoms with Gasteiger partial charge in [-0.3, -0.25) is 0 Å². The maximum Gasteiger partial charge on any atom is 0.243 e. The lowest BCUT2D eigenvalue weighted by molar-refractivity contribution is 0.201. The summed E-state index contributed by atoms with van der Waals surface area (Å²) in [5.74, 6) is 1.11. The van der Waals surface area contributed by atoms with Gasteiger partial charge in [0.2, 0.25) is 10.0 Å². The predicted octanol–water partition coefficient (Wildman–Crippen LogP) is 5.25. The summed E-state index contributed by atoms with van der Waals surface area (Å²) < 4.78 is 40.6. The molecule has 3 aromatic rings. The van der Waals surface area contributed by atoms with Gasteiger partial charge in [-0.1, -0.05) is 42.0 Å². The second kappa shape index (κ2) is 11.5. The number of ether oxygens (including phenoxy) is 2. The first-order valence-electron chi connectivity index (χ1n) is 11.5. The highest BCUT2D eigenvalue weighted by atomic mass is 32.2. The van der Waals surface area contributed by atoms with E-state index in [1.54, 1.807) is 26.4 Å². The second-order valence-electron chi connectivity index (χ2n) is 8.74. The van der Waals surface area contributed by atoms with Crippen molar-refractivity contribution in [2.75, 3.05) is 7.11 Å². The average molecular weight is 496 g/mol. The maximum atomic E-state index is 14.0. The molecule has 2 aromatic carbocycles. The Balaban J connectivity index is 2.07. The third-order valence-electron chi connectivity index (χ3n) is 5.38. The molecule has 1 aromatic heterocycles. The van der Waals surface area contributed by atoms with Crippen molar-refractivity contribution in [3.8, 4) is 5.75 Å². The Morgan fingerprint density at radius 3 is 1.89 bits per heavy atom. The van der Waals surface area contributed by atoms with Crippen molar-refractivity contribution in [1.82, 2.24) is 14.3 Å². The fourth-order valence-corrected chi connectivity index (χ4v) is 4.81. The molecule has 0 atom stereocenters. The third-order valence-corrected chi connectivity index (χ3v) is 7.28. The lowest BCUT2D eigenvalue weighted by Gasteiger charge is -2.25. The van der Waals surface area contributed by atoms with Gasteiger partial charge in [0.15, 0.2) is 11.6 Å². The minimum absolute atomic E-state index is 0.0654. The van der Waals surface area contributed by atoms with E-state index in [2.05, 4.69) is 9.97 Å². The molecule has 3 rings (SSSR count). The van der Waals surface area contributed by atoms with Crippen LogP contribution in [0.1, 0.15) is 48.8 Å². The Kier molecular flexibility index (Phi) is 8.64. The van der Waals surface area contributed by atoms with E-state index in [0.29, 0.717) is 5.75 Å². The highest BCUT2D eigenvalue weighted by molar-refractivity contribution is 7.93. The molecule has 0 amide bonds. The van der Waals surface area contributed by atoms with E-state index >= 15 is 0 Å². The number of aryl methyl sites for hydroxylation is 2. The van der Waals surface area contributed by atoms with Crippen LogP contribution >= 0.6 is 0 Å². The van der Waals surface area contributed by atoms with E-state index in [1.165, 1.54) is 4.31 Å². The first-order valence-corrected chi connectivity index (χ1v) is 12.9. The third kappa shape index (κ3) is 6.90. The Labute approximate surface area is 208 Å². The van der Waals surface area contributed by atoms with Crippen LogP contribution in [-0.2, 0) is 27.8 Å². The van der Waals surface area contributed by atoms with Gasteiger partial charge in [0.1, 0.15) is 10.7 Å². The zero-order valence-electron chi connectivity index (χ0n) is 21.1. The molecule has 0 saturated heterocycles. The molecule has 0 radical (unpaired) electrons. The number of nitrogens with zero attached hydrogens (tertiary/aromatic N) is 3. The minimum atomic E-state index is -3.95. The molecule has 0 fully saturated rings. The number of sulfonamides is 1.